The molecule has 3 aromatic rings. The summed E-state index contributed by atoms with van der Waals surface area (Å²) in [6.45, 7) is 2.45. The number of fused-ring (bicyclic) bond motifs is 1. The Hall–Kier alpha value is -3.92. The largest absolute Gasteiger partial charge is 0.482 e. The molecule has 1 saturated heterocycles. The van der Waals surface area contributed by atoms with E-state index in [1.54, 1.807) is 27.7 Å². The van der Waals surface area contributed by atoms with Gasteiger partial charge in [-0.3, -0.25) is 14.5 Å². The van der Waals surface area contributed by atoms with Crippen LogP contribution in [0.4, 0.5) is 16.2 Å². The van der Waals surface area contributed by atoms with Gasteiger partial charge in [0.25, 0.3) is 11.5 Å². The van der Waals surface area contributed by atoms with Crippen LogP contribution in [0.2, 0.25) is 0 Å². The fourth-order valence-electron chi connectivity index (χ4n) is 4.92. The van der Waals surface area contributed by atoms with Gasteiger partial charge in [0.2, 0.25) is 0 Å². The van der Waals surface area contributed by atoms with E-state index in [0.717, 1.165) is 23.1 Å². The zero-order chi connectivity index (χ0) is 23.2. The van der Waals surface area contributed by atoms with Gasteiger partial charge in [-0.15, -0.1) is 0 Å². The number of nitrogens with zero attached hydrogens (tertiary/aromatic N) is 3. The van der Waals surface area contributed by atoms with Crippen molar-refractivity contribution in [2.45, 2.75) is 25.0 Å². The maximum absolute atomic E-state index is 12.4. The second-order valence-corrected chi connectivity index (χ2v) is 8.75. The molecule has 0 radical (unpaired) electrons. The quantitative estimate of drug-likeness (QED) is 0.538. The smallest absolute Gasteiger partial charge is 0.414 e. The molecule has 34 heavy (non-hydrogen) atoms. The lowest BCUT2D eigenvalue weighted by atomic mass is 10.0. The maximum atomic E-state index is 12.4. The second kappa shape index (κ2) is 8.14. The monoisotopic (exact) mass is 461 g/mol. The standard InChI is InChI=1S/C24H23N5O5/c30-21-13-33-20-5-4-15(8-19(20)27-21)28-12-16(34-24(28)32)6-7-25-9-14-11-29-22(31)10-26-18-3-1-2-17(14)23(18)29/h1-5,8,10,14,16,25H,6-7,9,11-13H2,(H,27,30)/t14-,16+/m0/s1. The Kier molecular flexibility index (Phi) is 4.95. The minimum atomic E-state index is -0.405. The molecule has 0 aliphatic carbocycles. The lowest BCUT2D eigenvalue weighted by Gasteiger charge is -2.20. The first-order valence-corrected chi connectivity index (χ1v) is 11.3. The Labute approximate surface area is 194 Å². The summed E-state index contributed by atoms with van der Waals surface area (Å²) in [4.78, 5) is 42.1. The molecule has 2 atom stereocenters. The third-order valence-electron chi connectivity index (χ3n) is 6.55. The van der Waals surface area contributed by atoms with Gasteiger partial charge in [0.1, 0.15) is 11.9 Å². The normalized spacial score (nSPS) is 20.8. The van der Waals surface area contributed by atoms with Crippen molar-refractivity contribution in [3.05, 3.63) is 58.5 Å². The van der Waals surface area contributed by atoms with Gasteiger partial charge in [-0.25, -0.2) is 9.78 Å². The van der Waals surface area contributed by atoms with Crippen LogP contribution in [-0.4, -0.2) is 53.9 Å². The molecule has 6 rings (SSSR count). The molecule has 3 aliphatic rings. The predicted octanol–water partition coefficient (Wildman–Crippen LogP) is 1.83. The lowest BCUT2D eigenvalue weighted by Crippen LogP contribution is -2.29. The van der Waals surface area contributed by atoms with E-state index in [1.807, 2.05) is 12.1 Å². The van der Waals surface area contributed by atoms with Gasteiger partial charge < -0.3 is 24.7 Å². The number of cyclic esters (lactones) is 1. The fourth-order valence-corrected chi connectivity index (χ4v) is 4.92. The minimum absolute atomic E-state index is 0.0110. The lowest BCUT2D eigenvalue weighted by molar-refractivity contribution is -0.118. The van der Waals surface area contributed by atoms with Crippen LogP contribution in [0.3, 0.4) is 0 Å². The molecular formula is C24H23N5O5. The molecule has 1 aromatic heterocycles. The van der Waals surface area contributed by atoms with Gasteiger partial charge in [0, 0.05) is 24.7 Å². The van der Waals surface area contributed by atoms with E-state index in [0.29, 0.717) is 43.2 Å². The topological polar surface area (TPSA) is 115 Å². The average Bonchev–Trinajstić information content (AvgIpc) is 3.40. The van der Waals surface area contributed by atoms with Crippen molar-refractivity contribution in [1.82, 2.24) is 14.9 Å². The molecule has 2 aromatic carbocycles. The molecular weight excluding hydrogens is 438 g/mol. The number of carbonyl (C=O) groups excluding carboxylic acids is 2. The number of benzene rings is 2. The first-order valence-electron chi connectivity index (χ1n) is 11.3. The number of anilines is 2. The van der Waals surface area contributed by atoms with Crippen molar-refractivity contribution in [2.75, 3.05) is 36.5 Å². The van der Waals surface area contributed by atoms with Crippen molar-refractivity contribution < 1.29 is 19.1 Å². The predicted molar refractivity (Wildman–Crippen MR) is 124 cm³/mol. The summed E-state index contributed by atoms with van der Waals surface area (Å²) >= 11 is 0. The fraction of sp³-hybridized carbons (Fsp3) is 0.333. The zero-order valence-electron chi connectivity index (χ0n) is 18.3. The first-order chi connectivity index (χ1) is 16.6. The Morgan fingerprint density at radius 2 is 2.06 bits per heavy atom. The summed E-state index contributed by atoms with van der Waals surface area (Å²) in [6.07, 6.45) is 1.40. The molecule has 2 N–H and O–H groups in total. The van der Waals surface area contributed by atoms with E-state index in [4.69, 9.17) is 9.47 Å². The summed E-state index contributed by atoms with van der Waals surface area (Å²) in [6, 6.07) is 11.2. The van der Waals surface area contributed by atoms with Crippen molar-refractivity contribution in [2.24, 2.45) is 0 Å². The van der Waals surface area contributed by atoms with E-state index in [1.165, 1.54) is 6.20 Å². The van der Waals surface area contributed by atoms with E-state index >= 15 is 0 Å². The van der Waals surface area contributed by atoms with E-state index in [-0.39, 0.29) is 30.1 Å². The number of para-hydroxylation sites is 1. The highest BCUT2D eigenvalue weighted by Gasteiger charge is 2.33. The van der Waals surface area contributed by atoms with Crippen molar-refractivity contribution >= 4 is 34.4 Å². The highest BCUT2D eigenvalue weighted by molar-refractivity contribution is 5.97. The number of hydrogen-bond acceptors (Lipinski definition) is 7. The first kappa shape index (κ1) is 20.7. The number of nitrogens with one attached hydrogen (secondary N) is 2. The van der Waals surface area contributed by atoms with Gasteiger partial charge in [-0.1, -0.05) is 12.1 Å². The summed E-state index contributed by atoms with van der Waals surface area (Å²) < 4.78 is 12.7. The summed E-state index contributed by atoms with van der Waals surface area (Å²) in [5.74, 6) is 0.552. The molecule has 0 bridgehead atoms. The van der Waals surface area contributed by atoms with E-state index < -0.39 is 6.09 Å². The summed E-state index contributed by atoms with van der Waals surface area (Å²) in [5.41, 5.74) is 4.03. The van der Waals surface area contributed by atoms with Crippen LogP contribution in [0.15, 0.2) is 47.4 Å². The molecule has 174 valence electrons. The Morgan fingerprint density at radius 3 is 2.97 bits per heavy atom. The number of ether oxygens (including phenoxy) is 2. The van der Waals surface area contributed by atoms with Gasteiger partial charge in [-0.2, -0.15) is 0 Å². The van der Waals surface area contributed by atoms with Crippen LogP contribution in [0.25, 0.3) is 11.0 Å². The summed E-state index contributed by atoms with van der Waals surface area (Å²) in [5, 5.41) is 6.21. The average molecular weight is 461 g/mol. The number of amides is 2. The van der Waals surface area contributed by atoms with Crippen LogP contribution in [0, 0.1) is 0 Å². The molecule has 10 nitrogen and oxygen atoms in total. The van der Waals surface area contributed by atoms with Gasteiger partial charge in [-0.05, 0) is 42.8 Å². The molecule has 0 spiro atoms. The minimum Gasteiger partial charge on any atom is -0.482 e. The SMILES string of the molecule is O=C1COc2ccc(N3C[C@@H](CCNC[C@H]4Cn5c(=O)cnc6cccc4c65)OC3=O)cc2N1. The molecule has 10 heteroatoms. The van der Waals surface area contributed by atoms with Crippen molar-refractivity contribution in [3.63, 3.8) is 0 Å². The van der Waals surface area contributed by atoms with E-state index in [9.17, 15) is 14.4 Å². The Morgan fingerprint density at radius 1 is 1.15 bits per heavy atom. The Balaban J connectivity index is 1.05. The van der Waals surface area contributed by atoms with Crippen LogP contribution in [0.1, 0.15) is 17.9 Å². The zero-order valence-corrected chi connectivity index (χ0v) is 18.3. The van der Waals surface area contributed by atoms with Crippen LogP contribution >= 0.6 is 0 Å². The summed E-state index contributed by atoms with van der Waals surface area (Å²) in [7, 11) is 0. The maximum Gasteiger partial charge on any atom is 0.414 e. The van der Waals surface area contributed by atoms with Crippen molar-refractivity contribution in [3.8, 4) is 5.75 Å². The van der Waals surface area contributed by atoms with Crippen LogP contribution in [0.5, 0.6) is 5.75 Å². The van der Waals surface area contributed by atoms with E-state index in [2.05, 4.69) is 21.7 Å². The third kappa shape index (κ3) is 3.56. The molecule has 1 fully saturated rings. The van der Waals surface area contributed by atoms with Gasteiger partial charge >= 0.3 is 6.09 Å². The Bertz CT molecular complexity index is 1370. The highest BCUT2D eigenvalue weighted by atomic mass is 16.6. The molecule has 0 saturated carbocycles. The van der Waals surface area contributed by atoms with Crippen LogP contribution < -0.4 is 25.8 Å². The number of hydrogen-bond donors (Lipinski definition) is 2. The number of rotatable bonds is 6. The highest BCUT2D eigenvalue weighted by Crippen LogP contribution is 2.34. The molecule has 3 aliphatic heterocycles. The van der Waals surface area contributed by atoms with Gasteiger partial charge in [0.15, 0.2) is 6.61 Å². The van der Waals surface area contributed by atoms with Crippen molar-refractivity contribution in [1.29, 1.82) is 0 Å². The molecule has 2 amide bonds. The second-order valence-electron chi connectivity index (χ2n) is 8.75. The molecule has 0 unspecified atom stereocenters. The number of aromatic nitrogens is 2. The van der Waals surface area contributed by atoms with Gasteiger partial charge in [0.05, 0.1) is 29.5 Å². The third-order valence-corrected chi connectivity index (χ3v) is 6.55. The molecule has 4 heterocycles. The number of carbonyl (C=O) groups is 2. The van der Waals surface area contributed by atoms with Crippen LogP contribution in [-0.2, 0) is 16.1 Å².